The van der Waals surface area contributed by atoms with Gasteiger partial charge in [0.1, 0.15) is 0 Å². The Hall–Kier alpha value is -3.68. The summed E-state index contributed by atoms with van der Waals surface area (Å²) in [4.78, 5) is 33.1. The van der Waals surface area contributed by atoms with Gasteiger partial charge >= 0.3 is 0 Å². The monoisotopic (exact) mass is 479 g/mol. The summed E-state index contributed by atoms with van der Waals surface area (Å²) >= 11 is 0. The van der Waals surface area contributed by atoms with E-state index in [4.69, 9.17) is 14.2 Å². The van der Waals surface area contributed by atoms with Crippen molar-refractivity contribution in [2.45, 2.75) is 27.2 Å². The van der Waals surface area contributed by atoms with Gasteiger partial charge in [0.25, 0.3) is 5.91 Å². The molecule has 8 nitrogen and oxygen atoms in total. The molecule has 186 valence electrons. The Morgan fingerprint density at radius 1 is 0.857 bits per heavy atom. The number of ether oxygens (including phenoxy) is 3. The Kier molecular flexibility index (Phi) is 7.80. The zero-order chi connectivity index (χ0) is 24.8. The molecule has 1 aromatic heterocycles. The average Bonchev–Trinajstić information content (AvgIpc) is 3.28. The van der Waals surface area contributed by atoms with E-state index in [0.29, 0.717) is 75.2 Å². The highest BCUT2D eigenvalue weighted by Gasteiger charge is 2.27. The van der Waals surface area contributed by atoms with Crippen molar-refractivity contribution in [2.24, 2.45) is 0 Å². The number of piperazine rings is 1. The molecule has 0 aliphatic carbocycles. The van der Waals surface area contributed by atoms with Crippen LogP contribution in [0.2, 0.25) is 0 Å². The highest BCUT2D eigenvalue weighted by Crippen LogP contribution is 2.39. The number of rotatable bonds is 9. The van der Waals surface area contributed by atoms with Gasteiger partial charge in [-0.15, -0.1) is 0 Å². The second-order valence-electron chi connectivity index (χ2n) is 8.31. The summed E-state index contributed by atoms with van der Waals surface area (Å²) in [6.07, 6.45) is 2.24. The molecule has 1 aliphatic heterocycles. The molecule has 3 aromatic rings. The molecule has 1 saturated heterocycles. The van der Waals surface area contributed by atoms with Crippen LogP contribution in [0.5, 0.6) is 17.2 Å². The predicted octanol–water partition coefficient (Wildman–Crippen LogP) is 3.89. The minimum Gasteiger partial charge on any atom is -0.490 e. The molecule has 2 aromatic carbocycles. The fourth-order valence-electron chi connectivity index (χ4n) is 4.41. The van der Waals surface area contributed by atoms with E-state index < -0.39 is 0 Å². The molecular formula is C27H33N3O5. The first-order valence-electron chi connectivity index (χ1n) is 12.2. The Balaban J connectivity index is 1.43. The first-order valence-corrected chi connectivity index (χ1v) is 12.2. The van der Waals surface area contributed by atoms with Crippen molar-refractivity contribution in [1.29, 1.82) is 0 Å². The molecule has 2 amide bonds. The number of nitrogens with zero attached hydrogens (tertiary/aromatic N) is 2. The SMILES string of the molecule is CCOc1cc(C(=O)N2CCN(C(=O)Cc3c[nH]c4ccccc34)CC2)cc(OCC)c1OCC. The van der Waals surface area contributed by atoms with Crippen molar-refractivity contribution in [3.63, 3.8) is 0 Å². The third-order valence-electron chi connectivity index (χ3n) is 6.09. The minimum atomic E-state index is -0.112. The Morgan fingerprint density at radius 2 is 1.46 bits per heavy atom. The molecule has 0 radical (unpaired) electrons. The Labute approximate surface area is 205 Å². The van der Waals surface area contributed by atoms with Gasteiger partial charge in [0.2, 0.25) is 11.7 Å². The molecule has 2 heterocycles. The zero-order valence-corrected chi connectivity index (χ0v) is 20.6. The lowest BCUT2D eigenvalue weighted by Gasteiger charge is -2.35. The second kappa shape index (κ2) is 11.2. The molecule has 1 fully saturated rings. The smallest absolute Gasteiger partial charge is 0.254 e. The van der Waals surface area contributed by atoms with Gasteiger partial charge in [-0.25, -0.2) is 0 Å². The van der Waals surface area contributed by atoms with Crippen LogP contribution in [0.1, 0.15) is 36.7 Å². The normalized spacial score (nSPS) is 13.7. The summed E-state index contributed by atoms with van der Waals surface area (Å²) in [7, 11) is 0. The highest BCUT2D eigenvalue weighted by atomic mass is 16.5. The summed E-state index contributed by atoms with van der Waals surface area (Å²) in [5.74, 6) is 1.46. The maximum absolute atomic E-state index is 13.3. The number of hydrogen-bond donors (Lipinski definition) is 1. The topological polar surface area (TPSA) is 84.1 Å². The van der Waals surface area contributed by atoms with E-state index in [1.54, 1.807) is 17.0 Å². The average molecular weight is 480 g/mol. The summed E-state index contributed by atoms with van der Waals surface area (Å²) in [6.45, 7) is 8.96. The summed E-state index contributed by atoms with van der Waals surface area (Å²) in [5.41, 5.74) is 2.50. The van der Waals surface area contributed by atoms with Crippen LogP contribution in [0, 0.1) is 0 Å². The van der Waals surface area contributed by atoms with Gasteiger partial charge in [0.05, 0.1) is 26.2 Å². The number of fused-ring (bicyclic) bond motifs is 1. The number of hydrogen-bond acceptors (Lipinski definition) is 5. The number of aromatic amines is 1. The molecule has 0 bridgehead atoms. The summed E-state index contributed by atoms with van der Waals surface area (Å²) in [5, 5.41) is 1.07. The van der Waals surface area contributed by atoms with Crippen LogP contribution in [-0.4, -0.2) is 72.6 Å². The lowest BCUT2D eigenvalue weighted by Crippen LogP contribution is -2.51. The van der Waals surface area contributed by atoms with E-state index in [0.717, 1.165) is 16.5 Å². The fraction of sp³-hybridized carbons (Fsp3) is 0.407. The van der Waals surface area contributed by atoms with Gasteiger partial charge in [-0.05, 0) is 44.5 Å². The van der Waals surface area contributed by atoms with Crippen LogP contribution in [-0.2, 0) is 11.2 Å². The zero-order valence-electron chi connectivity index (χ0n) is 20.6. The van der Waals surface area contributed by atoms with Crippen molar-refractivity contribution < 1.29 is 23.8 Å². The third-order valence-corrected chi connectivity index (χ3v) is 6.09. The van der Waals surface area contributed by atoms with Gasteiger partial charge in [-0.2, -0.15) is 0 Å². The first-order chi connectivity index (χ1) is 17.0. The van der Waals surface area contributed by atoms with Crippen LogP contribution in [0.3, 0.4) is 0 Å². The molecule has 0 atom stereocenters. The fourth-order valence-corrected chi connectivity index (χ4v) is 4.41. The largest absolute Gasteiger partial charge is 0.490 e. The van der Waals surface area contributed by atoms with Gasteiger partial charge in [0.15, 0.2) is 11.5 Å². The maximum atomic E-state index is 13.3. The van der Waals surface area contributed by atoms with E-state index in [-0.39, 0.29) is 11.8 Å². The number of H-pyrrole nitrogens is 1. The van der Waals surface area contributed by atoms with Gasteiger partial charge in [-0.3, -0.25) is 9.59 Å². The molecule has 1 N–H and O–H groups in total. The number of carbonyl (C=O) groups excluding carboxylic acids is 2. The highest BCUT2D eigenvalue weighted by molar-refractivity contribution is 5.96. The predicted molar refractivity (Wildman–Crippen MR) is 134 cm³/mol. The number of amides is 2. The number of para-hydroxylation sites is 1. The van der Waals surface area contributed by atoms with Crippen molar-refractivity contribution in [3.8, 4) is 17.2 Å². The standard InChI is InChI=1S/C27H33N3O5/c1-4-33-23-15-19(16-24(34-5-2)26(23)35-6-3)27(32)30-13-11-29(12-14-30)25(31)17-20-18-28-22-10-8-7-9-21(20)22/h7-10,15-16,18,28H,4-6,11-14,17H2,1-3H3. The van der Waals surface area contributed by atoms with E-state index in [9.17, 15) is 9.59 Å². The summed E-state index contributed by atoms with van der Waals surface area (Å²) < 4.78 is 17.2. The van der Waals surface area contributed by atoms with Crippen LogP contribution in [0.15, 0.2) is 42.6 Å². The van der Waals surface area contributed by atoms with Gasteiger partial charge in [-0.1, -0.05) is 18.2 Å². The number of benzene rings is 2. The molecule has 0 saturated carbocycles. The number of aromatic nitrogens is 1. The van der Waals surface area contributed by atoms with Crippen molar-refractivity contribution in [1.82, 2.24) is 14.8 Å². The number of carbonyl (C=O) groups is 2. The van der Waals surface area contributed by atoms with Crippen LogP contribution in [0.25, 0.3) is 10.9 Å². The number of nitrogens with one attached hydrogen (secondary N) is 1. The van der Waals surface area contributed by atoms with E-state index in [1.165, 1.54) is 0 Å². The Bertz CT molecular complexity index is 1150. The molecular weight excluding hydrogens is 446 g/mol. The van der Waals surface area contributed by atoms with Crippen molar-refractivity contribution in [3.05, 3.63) is 53.7 Å². The van der Waals surface area contributed by atoms with Crippen LogP contribution < -0.4 is 14.2 Å². The minimum absolute atomic E-state index is 0.0696. The van der Waals surface area contributed by atoms with Gasteiger partial charge in [0, 0.05) is 48.8 Å². The third kappa shape index (κ3) is 5.37. The van der Waals surface area contributed by atoms with E-state index >= 15 is 0 Å². The lowest BCUT2D eigenvalue weighted by atomic mass is 10.1. The maximum Gasteiger partial charge on any atom is 0.254 e. The van der Waals surface area contributed by atoms with Gasteiger partial charge < -0.3 is 29.0 Å². The van der Waals surface area contributed by atoms with E-state index in [2.05, 4.69) is 4.98 Å². The van der Waals surface area contributed by atoms with E-state index in [1.807, 2.05) is 56.1 Å². The van der Waals surface area contributed by atoms with Crippen LogP contribution in [0.4, 0.5) is 0 Å². The second-order valence-corrected chi connectivity index (χ2v) is 8.31. The molecule has 8 heteroatoms. The molecule has 0 spiro atoms. The molecule has 35 heavy (non-hydrogen) atoms. The first kappa shape index (κ1) is 24.4. The van der Waals surface area contributed by atoms with Crippen LogP contribution >= 0.6 is 0 Å². The quantitative estimate of drug-likeness (QED) is 0.503. The molecule has 1 aliphatic rings. The van der Waals surface area contributed by atoms with Crippen molar-refractivity contribution >= 4 is 22.7 Å². The molecule has 4 rings (SSSR count). The molecule has 0 unspecified atom stereocenters. The summed E-state index contributed by atoms with van der Waals surface area (Å²) in [6, 6.07) is 11.4. The lowest BCUT2D eigenvalue weighted by molar-refractivity contribution is -0.131. The van der Waals surface area contributed by atoms with Crippen molar-refractivity contribution in [2.75, 3.05) is 46.0 Å². The Morgan fingerprint density at radius 3 is 2.09 bits per heavy atom.